The number of hydrogen-bond donors (Lipinski definition) is 3. The van der Waals surface area contributed by atoms with E-state index in [0.717, 1.165) is 5.69 Å². The van der Waals surface area contributed by atoms with Crippen LogP contribution in [0.1, 0.15) is 10.4 Å². The summed E-state index contributed by atoms with van der Waals surface area (Å²) in [4.78, 5) is 12.0. The second-order valence-corrected chi connectivity index (χ2v) is 4.85. The van der Waals surface area contributed by atoms with E-state index in [1.807, 2.05) is 0 Å². The van der Waals surface area contributed by atoms with Crippen molar-refractivity contribution in [1.82, 2.24) is 0 Å². The average Bonchev–Trinajstić information content (AvgIpc) is 2.41. The number of thiocarbonyl (C=S) groups is 1. The molecule has 2 aromatic rings. The van der Waals surface area contributed by atoms with Gasteiger partial charge in [0.25, 0.3) is 5.91 Å². The van der Waals surface area contributed by atoms with Crippen molar-refractivity contribution in [1.29, 1.82) is 0 Å². The fourth-order valence-electron chi connectivity index (χ4n) is 1.62. The molecule has 6 heteroatoms. The van der Waals surface area contributed by atoms with E-state index in [4.69, 9.17) is 29.6 Å². The molecule has 0 aliphatic rings. The lowest BCUT2D eigenvalue weighted by Crippen LogP contribution is -2.18. The van der Waals surface area contributed by atoms with E-state index < -0.39 is 0 Å². The van der Waals surface area contributed by atoms with E-state index in [0.29, 0.717) is 16.3 Å². The SMILES string of the molecule is NC(=S)Nc1ccc(NC(=O)c2ccccc2Cl)cc1. The maximum absolute atomic E-state index is 12.0. The van der Waals surface area contributed by atoms with Gasteiger partial charge in [0.1, 0.15) is 0 Å². The molecule has 2 rings (SSSR count). The Morgan fingerprint density at radius 1 is 1.00 bits per heavy atom. The molecule has 0 aliphatic carbocycles. The highest BCUT2D eigenvalue weighted by Crippen LogP contribution is 2.18. The second kappa shape index (κ2) is 6.36. The quantitative estimate of drug-likeness (QED) is 0.762. The Labute approximate surface area is 126 Å². The predicted octanol–water partition coefficient (Wildman–Crippen LogP) is 3.25. The largest absolute Gasteiger partial charge is 0.376 e. The molecule has 0 aliphatic heterocycles. The van der Waals surface area contributed by atoms with Crippen molar-refractivity contribution in [3.05, 3.63) is 59.1 Å². The van der Waals surface area contributed by atoms with Gasteiger partial charge >= 0.3 is 0 Å². The Bertz CT molecular complexity index is 643. The molecule has 0 spiro atoms. The van der Waals surface area contributed by atoms with Crippen LogP contribution in [0.2, 0.25) is 5.02 Å². The number of anilines is 2. The molecule has 20 heavy (non-hydrogen) atoms. The molecule has 4 N–H and O–H groups in total. The lowest BCUT2D eigenvalue weighted by molar-refractivity contribution is 0.102. The third kappa shape index (κ3) is 3.69. The summed E-state index contributed by atoms with van der Waals surface area (Å²) in [6.45, 7) is 0. The van der Waals surface area contributed by atoms with Crippen LogP contribution < -0.4 is 16.4 Å². The molecule has 102 valence electrons. The summed E-state index contributed by atoms with van der Waals surface area (Å²) in [5.74, 6) is -0.259. The number of amides is 1. The van der Waals surface area contributed by atoms with Gasteiger partial charge in [0.15, 0.2) is 5.11 Å². The Hall–Kier alpha value is -2.11. The van der Waals surface area contributed by atoms with Crippen LogP contribution in [0.25, 0.3) is 0 Å². The van der Waals surface area contributed by atoms with Crippen LogP contribution in [0.5, 0.6) is 0 Å². The fraction of sp³-hybridized carbons (Fsp3) is 0. The summed E-state index contributed by atoms with van der Waals surface area (Å²) in [7, 11) is 0. The van der Waals surface area contributed by atoms with Crippen molar-refractivity contribution in [2.75, 3.05) is 10.6 Å². The number of halogens is 1. The number of nitrogens with one attached hydrogen (secondary N) is 2. The number of benzene rings is 2. The summed E-state index contributed by atoms with van der Waals surface area (Å²) < 4.78 is 0. The number of hydrogen-bond acceptors (Lipinski definition) is 2. The summed E-state index contributed by atoms with van der Waals surface area (Å²) in [5, 5.41) is 6.17. The Balaban J connectivity index is 2.09. The monoisotopic (exact) mass is 305 g/mol. The molecule has 0 atom stereocenters. The van der Waals surface area contributed by atoms with Gasteiger partial charge in [-0.1, -0.05) is 23.7 Å². The topological polar surface area (TPSA) is 67.2 Å². The smallest absolute Gasteiger partial charge is 0.257 e. The lowest BCUT2D eigenvalue weighted by atomic mass is 10.2. The third-order valence-electron chi connectivity index (χ3n) is 2.53. The highest BCUT2D eigenvalue weighted by molar-refractivity contribution is 7.80. The van der Waals surface area contributed by atoms with Crippen molar-refractivity contribution < 1.29 is 4.79 Å². The lowest BCUT2D eigenvalue weighted by Gasteiger charge is -2.08. The van der Waals surface area contributed by atoms with Crippen molar-refractivity contribution in [2.45, 2.75) is 0 Å². The number of carbonyl (C=O) groups excluding carboxylic acids is 1. The van der Waals surface area contributed by atoms with Crippen LogP contribution in [-0.4, -0.2) is 11.0 Å². The normalized spacial score (nSPS) is 9.85. The van der Waals surface area contributed by atoms with Gasteiger partial charge in [-0.3, -0.25) is 4.79 Å². The Morgan fingerprint density at radius 3 is 2.10 bits per heavy atom. The zero-order chi connectivity index (χ0) is 14.5. The van der Waals surface area contributed by atoms with Gasteiger partial charge in [0.05, 0.1) is 10.6 Å². The molecular weight excluding hydrogens is 294 g/mol. The second-order valence-electron chi connectivity index (χ2n) is 4.00. The van der Waals surface area contributed by atoms with Crippen LogP contribution >= 0.6 is 23.8 Å². The molecule has 0 bridgehead atoms. The van der Waals surface area contributed by atoms with E-state index in [2.05, 4.69) is 10.6 Å². The summed E-state index contributed by atoms with van der Waals surface area (Å²) >= 11 is 10.7. The molecule has 2 aromatic carbocycles. The molecule has 0 saturated carbocycles. The van der Waals surface area contributed by atoms with Crippen molar-refractivity contribution in [3.8, 4) is 0 Å². The number of carbonyl (C=O) groups is 1. The van der Waals surface area contributed by atoms with E-state index in [1.165, 1.54) is 0 Å². The first-order chi connectivity index (χ1) is 9.56. The van der Waals surface area contributed by atoms with Crippen LogP contribution in [-0.2, 0) is 0 Å². The molecule has 0 unspecified atom stereocenters. The Morgan fingerprint density at radius 2 is 1.55 bits per heavy atom. The molecule has 0 heterocycles. The minimum Gasteiger partial charge on any atom is -0.376 e. The first kappa shape index (κ1) is 14.3. The minimum atomic E-state index is -0.259. The highest BCUT2D eigenvalue weighted by Gasteiger charge is 2.09. The fourth-order valence-corrected chi connectivity index (χ4v) is 1.96. The molecule has 0 saturated heterocycles. The van der Waals surface area contributed by atoms with Gasteiger partial charge in [-0.05, 0) is 48.6 Å². The maximum atomic E-state index is 12.0. The maximum Gasteiger partial charge on any atom is 0.257 e. The summed E-state index contributed by atoms with van der Waals surface area (Å²) in [6, 6.07) is 13.9. The van der Waals surface area contributed by atoms with Crippen molar-refractivity contribution in [2.24, 2.45) is 5.73 Å². The van der Waals surface area contributed by atoms with E-state index in [9.17, 15) is 4.79 Å². The Kier molecular flexibility index (Phi) is 4.55. The van der Waals surface area contributed by atoms with E-state index in [-0.39, 0.29) is 11.0 Å². The standard InChI is InChI=1S/C14H12ClN3OS/c15-12-4-2-1-3-11(12)13(19)17-9-5-7-10(8-6-9)18-14(16)20/h1-8H,(H,17,19)(H3,16,18,20). The minimum absolute atomic E-state index is 0.192. The first-order valence-electron chi connectivity index (χ1n) is 5.78. The van der Waals surface area contributed by atoms with Crippen molar-refractivity contribution in [3.63, 3.8) is 0 Å². The van der Waals surface area contributed by atoms with Gasteiger partial charge in [-0.2, -0.15) is 0 Å². The van der Waals surface area contributed by atoms with Gasteiger partial charge in [0.2, 0.25) is 0 Å². The zero-order valence-corrected chi connectivity index (χ0v) is 12.0. The van der Waals surface area contributed by atoms with Crippen LogP contribution in [0.15, 0.2) is 48.5 Å². The van der Waals surface area contributed by atoms with E-state index >= 15 is 0 Å². The molecule has 4 nitrogen and oxygen atoms in total. The van der Waals surface area contributed by atoms with Gasteiger partial charge in [-0.25, -0.2) is 0 Å². The number of nitrogens with two attached hydrogens (primary N) is 1. The van der Waals surface area contributed by atoms with E-state index in [1.54, 1.807) is 48.5 Å². The molecular formula is C14H12ClN3OS. The molecule has 1 amide bonds. The molecule has 0 aromatic heterocycles. The summed E-state index contributed by atoms with van der Waals surface area (Å²) in [5.41, 5.74) is 7.22. The highest BCUT2D eigenvalue weighted by atomic mass is 35.5. The van der Waals surface area contributed by atoms with Crippen LogP contribution in [0.3, 0.4) is 0 Å². The van der Waals surface area contributed by atoms with Crippen molar-refractivity contribution >= 4 is 46.2 Å². The van der Waals surface area contributed by atoms with Gasteiger partial charge < -0.3 is 16.4 Å². The van der Waals surface area contributed by atoms with Crippen LogP contribution in [0, 0.1) is 0 Å². The molecule has 0 radical (unpaired) electrons. The summed E-state index contributed by atoms with van der Waals surface area (Å²) in [6.07, 6.45) is 0. The van der Waals surface area contributed by atoms with Crippen LogP contribution in [0.4, 0.5) is 11.4 Å². The number of rotatable bonds is 3. The van der Waals surface area contributed by atoms with Gasteiger partial charge in [0, 0.05) is 11.4 Å². The van der Waals surface area contributed by atoms with Gasteiger partial charge in [-0.15, -0.1) is 0 Å². The molecule has 0 fully saturated rings. The average molecular weight is 306 g/mol. The predicted molar refractivity (Wildman–Crippen MR) is 86.3 cm³/mol. The first-order valence-corrected chi connectivity index (χ1v) is 6.57. The zero-order valence-electron chi connectivity index (χ0n) is 10.4. The third-order valence-corrected chi connectivity index (χ3v) is 2.96.